The van der Waals surface area contributed by atoms with E-state index >= 15 is 0 Å². The van der Waals surface area contributed by atoms with Crippen LogP contribution in [0.5, 0.6) is 0 Å². The van der Waals surface area contributed by atoms with Crippen molar-refractivity contribution in [2.75, 3.05) is 5.75 Å². The van der Waals surface area contributed by atoms with Gasteiger partial charge >= 0.3 is 0 Å². The highest BCUT2D eigenvalue weighted by Gasteiger charge is 2.45. The van der Waals surface area contributed by atoms with Crippen LogP contribution in [0.4, 0.5) is 0 Å². The van der Waals surface area contributed by atoms with Gasteiger partial charge in [0.15, 0.2) is 9.84 Å². The third kappa shape index (κ3) is 2.41. The summed E-state index contributed by atoms with van der Waals surface area (Å²) in [5, 5.41) is 6.44. The van der Waals surface area contributed by atoms with E-state index in [1.807, 2.05) is 17.5 Å². The van der Waals surface area contributed by atoms with E-state index < -0.39 is 15.4 Å². The molecule has 3 rings (SSSR count). The van der Waals surface area contributed by atoms with E-state index in [1.165, 1.54) is 0 Å². The second-order valence-electron chi connectivity index (χ2n) is 5.61. The van der Waals surface area contributed by atoms with E-state index in [9.17, 15) is 8.42 Å². The first-order valence-electron chi connectivity index (χ1n) is 6.96. The highest BCUT2D eigenvalue weighted by molar-refractivity contribution is 7.91. The molecule has 21 heavy (non-hydrogen) atoms. The molecule has 1 aliphatic heterocycles. The average molecular weight is 322 g/mol. The van der Waals surface area contributed by atoms with Gasteiger partial charge in [0, 0.05) is 17.6 Å². The summed E-state index contributed by atoms with van der Waals surface area (Å²) < 4.78 is 24.7. The van der Waals surface area contributed by atoms with Crippen molar-refractivity contribution < 1.29 is 8.42 Å². The van der Waals surface area contributed by atoms with Crippen LogP contribution in [0, 0.1) is 0 Å². The number of nitrogens with zero attached hydrogens (tertiary/aromatic N) is 1. The van der Waals surface area contributed by atoms with Crippen molar-refractivity contribution in [3.63, 3.8) is 0 Å². The van der Waals surface area contributed by atoms with Gasteiger partial charge in [0.05, 0.1) is 16.2 Å². The first kappa shape index (κ1) is 14.7. The van der Waals surface area contributed by atoms with Crippen LogP contribution in [-0.2, 0) is 15.4 Å². The molecule has 0 aliphatic carbocycles. The number of rotatable bonds is 3. The van der Waals surface area contributed by atoms with Crippen molar-refractivity contribution in [2.45, 2.75) is 36.7 Å². The quantitative estimate of drug-likeness (QED) is 0.943. The summed E-state index contributed by atoms with van der Waals surface area (Å²) >= 11 is 1.57. The summed E-state index contributed by atoms with van der Waals surface area (Å²) in [6.07, 6.45) is 2.29. The van der Waals surface area contributed by atoms with Crippen LogP contribution in [0.1, 0.15) is 30.8 Å². The molecular formula is C15H18N2O2S2. The van der Waals surface area contributed by atoms with Gasteiger partial charge in [0.1, 0.15) is 5.01 Å². The van der Waals surface area contributed by atoms with Gasteiger partial charge in [0.2, 0.25) is 0 Å². The number of benzene rings is 1. The first-order valence-corrected chi connectivity index (χ1v) is 9.49. The second-order valence-corrected chi connectivity index (χ2v) is 8.58. The summed E-state index contributed by atoms with van der Waals surface area (Å²) in [6.45, 7) is 4.14. The fourth-order valence-electron chi connectivity index (χ4n) is 2.98. The third-order valence-electron chi connectivity index (χ3n) is 3.76. The van der Waals surface area contributed by atoms with Gasteiger partial charge in [-0.25, -0.2) is 13.4 Å². The van der Waals surface area contributed by atoms with Crippen molar-refractivity contribution in [1.82, 2.24) is 10.3 Å². The van der Waals surface area contributed by atoms with E-state index in [-0.39, 0.29) is 11.8 Å². The van der Waals surface area contributed by atoms with Crippen LogP contribution in [0.15, 0.2) is 40.7 Å². The van der Waals surface area contributed by atoms with Crippen molar-refractivity contribution in [1.29, 1.82) is 0 Å². The first-order chi connectivity index (χ1) is 9.96. The lowest BCUT2D eigenvalue weighted by atomic mass is 9.86. The maximum Gasteiger partial charge on any atom is 0.178 e. The Kier molecular flexibility index (Phi) is 3.63. The maximum atomic E-state index is 12.4. The molecule has 0 fully saturated rings. The Morgan fingerprint density at radius 3 is 2.76 bits per heavy atom. The molecule has 1 aromatic heterocycles. The summed E-state index contributed by atoms with van der Waals surface area (Å²) in [5.74, 6) is 0.142. The zero-order valence-electron chi connectivity index (χ0n) is 12.0. The number of thiazole rings is 1. The molecule has 4 nitrogen and oxygen atoms in total. The fraction of sp³-hybridized carbons (Fsp3) is 0.400. The van der Waals surface area contributed by atoms with E-state index in [4.69, 9.17) is 0 Å². The van der Waals surface area contributed by atoms with Crippen LogP contribution in [0.25, 0.3) is 0 Å². The largest absolute Gasteiger partial charge is 0.299 e. The van der Waals surface area contributed by atoms with Gasteiger partial charge in [-0.15, -0.1) is 11.3 Å². The molecule has 1 aromatic carbocycles. The minimum absolute atomic E-state index is 0.142. The van der Waals surface area contributed by atoms with Crippen LogP contribution in [0.3, 0.4) is 0 Å². The molecule has 112 valence electrons. The Morgan fingerprint density at radius 2 is 2.10 bits per heavy atom. The normalized spacial score (nSPS) is 24.0. The zero-order chi connectivity index (χ0) is 15.1. The number of nitrogens with one attached hydrogen (secondary N) is 1. The highest BCUT2D eigenvalue weighted by atomic mass is 32.2. The number of aromatic nitrogens is 1. The van der Waals surface area contributed by atoms with Crippen molar-refractivity contribution >= 4 is 21.2 Å². The van der Waals surface area contributed by atoms with E-state index in [1.54, 1.807) is 29.7 Å². The van der Waals surface area contributed by atoms with Gasteiger partial charge in [-0.2, -0.15) is 0 Å². The molecule has 0 saturated heterocycles. The highest BCUT2D eigenvalue weighted by Crippen LogP contribution is 2.42. The van der Waals surface area contributed by atoms with Gasteiger partial charge in [-0.05, 0) is 31.9 Å². The number of hydrogen-bond acceptors (Lipinski definition) is 5. The molecule has 0 bridgehead atoms. The molecule has 2 heterocycles. The van der Waals surface area contributed by atoms with Crippen molar-refractivity contribution in [3.8, 4) is 0 Å². The molecule has 1 N–H and O–H groups in total. The summed E-state index contributed by atoms with van der Waals surface area (Å²) in [7, 11) is -3.20. The SMILES string of the molecule is CC(C)NC1(c2nccs2)CCS(=O)(=O)c2ccccc21. The fourth-order valence-corrected chi connectivity index (χ4v) is 5.49. The molecule has 6 heteroatoms. The van der Waals surface area contributed by atoms with E-state index in [0.717, 1.165) is 10.6 Å². The minimum Gasteiger partial charge on any atom is -0.299 e. The monoisotopic (exact) mass is 322 g/mol. The molecule has 0 radical (unpaired) electrons. The Bertz CT molecular complexity index is 739. The Morgan fingerprint density at radius 1 is 1.33 bits per heavy atom. The molecular weight excluding hydrogens is 304 g/mol. The molecule has 0 amide bonds. The smallest absolute Gasteiger partial charge is 0.178 e. The average Bonchev–Trinajstić information content (AvgIpc) is 2.97. The van der Waals surface area contributed by atoms with Gasteiger partial charge in [-0.3, -0.25) is 5.32 Å². The number of hydrogen-bond donors (Lipinski definition) is 1. The maximum absolute atomic E-state index is 12.4. The predicted molar refractivity (Wildman–Crippen MR) is 84.3 cm³/mol. The molecule has 0 saturated carbocycles. The Balaban J connectivity index is 2.27. The molecule has 1 atom stereocenters. The summed E-state index contributed by atoms with van der Waals surface area (Å²) in [5.41, 5.74) is 0.310. The summed E-state index contributed by atoms with van der Waals surface area (Å²) in [6, 6.07) is 7.51. The van der Waals surface area contributed by atoms with Gasteiger partial charge in [0.25, 0.3) is 0 Å². The van der Waals surface area contributed by atoms with Crippen LogP contribution in [-0.4, -0.2) is 25.2 Å². The molecule has 1 aliphatic rings. The Labute approximate surface area is 129 Å². The number of sulfone groups is 1. The van der Waals surface area contributed by atoms with Crippen LogP contribution < -0.4 is 5.32 Å². The predicted octanol–water partition coefficient (Wildman–Crippen LogP) is 2.56. The molecule has 1 unspecified atom stereocenters. The van der Waals surface area contributed by atoms with Crippen molar-refractivity contribution in [3.05, 3.63) is 46.4 Å². The zero-order valence-corrected chi connectivity index (χ0v) is 13.7. The lowest BCUT2D eigenvalue weighted by Gasteiger charge is -2.39. The second kappa shape index (κ2) is 5.19. The lowest BCUT2D eigenvalue weighted by molar-refractivity contribution is 0.340. The summed E-state index contributed by atoms with van der Waals surface area (Å²) in [4.78, 5) is 4.90. The minimum atomic E-state index is -3.20. The van der Waals surface area contributed by atoms with Crippen LogP contribution >= 0.6 is 11.3 Å². The van der Waals surface area contributed by atoms with Crippen LogP contribution in [0.2, 0.25) is 0 Å². The lowest BCUT2D eigenvalue weighted by Crippen LogP contribution is -2.50. The third-order valence-corrected chi connectivity index (χ3v) is 6.46. The molecule has 0 spiro atoms. The van der Waals surface area contributed by atoms with Gasteiger partial charge in [-0.1, -0.05) is 18.2 Å². The topological polar surface area (TPSA) is 59.1 Å². The van der Waals surface area contributed by atoms with Gasteiger partial charge < -0.3 is 0 Å². The molecule has 2 aromatic rings. The number of fused-ring (bicyclic) bond motifs is 1. The van der Waals surface area contributed by atoms with E-state index in [2.05, 4.69) is 24.1 Å². The van der Waals surface area contributed by atoms with Crippen molar-refractivity contribution in [2.24, 2.45) is 0 Å². The standard InChI is InChI=1S/C15H18N2O2S2/c1-11(2)17-15(14-16-8-9-20-14)7-10-21(18,19)13-6-4-3-5-12(13)15/h3-6,8-9,11,17H,7,10H2,1-2H3. The Hall–Kier alpha value is -1.24. The van der Waals surface area contributed by atoms with E-state index in [0.29, 0.717) is 11.3 Å².